The van der Waals surface area contributed by atoms with Gasteiger partial charge in [-0.25, -0.2) is 4.98 Å². The van der Waals surface area contributed by atoms with Crippen LogP contribution in [-0.4, -0.2) is 66.1 Å². The Morgan fingerprint density at radius 1 is 1.36 bits per heavy atom. The quantitative estimate of drug-likeness (QED) is 0.814. The summed E-state index contributed by atoms with van der Waals surface area (Å²) in [5, 5.41) is 0.940. The van der Waals surface area contributed by atoms with Gasteiger partial charge in [0.2, 0.25) is 11.0 Å². The van der Waals surface area contributed by atoms with E-state index in [0.29, 0.717) is 13.1 Å². The Balaban J connectivity index is 0.00000220. The number of aromatic nitrogens is 2. The predicted octanol–water partition coefficient (Wildman–Crippen LogP) is 0.566. The molecule has 0 aliphatic carbocycles. The first-order chi connectivity index (χ1) is 9.65. The summed E-state index contributed by atoms with van der Waals surface area (Å²) >= 11 is 1.42. The molecule has 1 saturated heterocycles. The van der Waals surface area contributed by atoms with Gasteiger partial charge in [0.15, 0.2) is 0 Å². The zero-order chi connectivity index (χ0) is 14.5. The second kappa shape index (κ2) is 10.2. The number of anilines is 1. The third-order valence-electron chi connectivity index (χ3n) is 3.30. The summed E-state index contributed by atoms with van der Waals surface area (Å²) < 4.78 is 9.21. The third kappa shape index (κ3) is 5.20. The van der Waals surface area contributed by atoms with Crippen LogP contribution in [0.3, 0.4) is 0 Å². The maximum atomic E-state index is 12.1. The van der Waals surface area contributed by atoms with Gasteiger partial charge in [0.1, 0.15) is 11.9 Å². The van der Waals surface area contributed by atoms with Gasteiger partial charge in [0.05, 0.1) is 6.61 Å². The minimum absolute atomic E-state index is 0. The molecule has 0 aromatic carbocycles. The van der Waals surface area contributed by atoms with Crippen molar-refractivity contribution in [2.45, 2.75) is 19.4 Å². The van der Waals surface area contributed by atoms with Crippen LogP contribution in [0.5, 0.6) is 0 Å². The number of hydrogen-bond acceptors (Lipinski definition) is 7. The number of hydrogen-bond donors (Lipinski definition) is 1. The Bertz CT molecular complexity index is 454. The van der Waals surface area contributed by atoms with Crippen LogP contribution in [0, 0.1) is 0 Å². The summed E-state index contributed by atoms with van der Waals surface area (Å²) in [5.74, 6) is 0.837. The van der Waals surface area contributed by atoms with Crippen LogP contribution in [-0.2, 0) is 16.0 Å². The highest BCUT2D eigenvalue weighted by Gasteiger charge is 2.26. The molecule has 1 aromatic rings. The van der Waals surface area contributed by atoms with Crippen molar-refractivity contribution in [3.63, 3.8) is 0 Å². The number of halogens is 2. The lowest BCUT2D eigenvalue weighted by Crippen LogP contribution is -2.54. The van der Waals surface area contributed by atoms with Gasteiger partial charge in [-0.15, -0.1) is 24.8 Å². The topological polar surface area (TPSA) is 84.6 Å². The van der Waals surface area contributed by atoms with Gasteiger partial charge < -0.3 is 20.3 Å². The monoisotopic (exact) mass is 371 g/mol. The number of ether oxygens (including phenoxy) is 1. The van der Waals surface area contributed by atoms with E-state index in [9.17, 15) is 4.79 Å². The molecule has 0 saturated carbocycles. The Morgan fingerprint density at radius 2 is 2.00 bits per heavy atom. The molecule has 10 heteroatoms. The first-order valence-electron chi connectivity index (χ1n) is 6.76. The van der Waals surface area contributed by atoms with Gasteiger partial charge in [-0.1, -0.05) is 6.92 Å². The van der Waals surface area contributed by atoms with Crippen molar-refractivity contribution in [3.05, 3.63) is 5.82 Å². The molecule has 2 N–H and O–H groups in total. The normalized spacial score (nSPS) is 15.8. The zero-order valence-corrected chi connectivity index (χ0v) is 15.2. The number of amides is 1. The van der Waals surface area contributed by atoms with Gasteiger partial charge in [-0.05, 0) is 0 Å². The molecular weight excluding hydrogens is 349 g/mol. The number of rotatable bonds is 5. The van der Waals surface area contributed by atoms with Crippen molar-refractivity contribution >= 4 is 47.4 Å². The molecular formula is C12H23Cl2N5O2S. The predicted molar refractivity (Wildman–Crippen MR) is 92.4 cm³/mol. The Labute approximate surface area is 147 Å². The van der Waals surface area contributed by atoms with E-state index < -0.39 is 6.04 Å². The lowest BCUT2D eigenvalue weighted by molar-refractivity contribution is -0.134. The molecule has 0 spiro atoms. The van der Waals surface area contributed by atoms with Crippen LogP contribution in [0.1, 0.15) is 12.7 Å². The van der Waals surface area contributed by atoms with Gasteiger partial charge in [-0.2, -0.15) is 4.37 Å². The molecule has 128 valence electrons. The SMILES string of the molecule is CCc1nsc(N2CCN(C(=O)C(N)COC)CC2)n1.Cl.Cl. The Morgan fingerprint density at radius 3 is 2.50 bits per heavy atom. The minimum atomic E-state index is -0.570. The van der Waals surface area contributed by atoms with E-state index in [2.05, 4.69) is 14.3 Å². The molecule has 0 radical (unpaired) electrons. The molecule has 22 heavy (non-hydrogen) atoms. The Hall–Kier alpha value is -0.670. The number of piperazine rings is 1. The van der Waals surface area contributed by atoms with Crippen LogP contribution in [0.25, 0.3) is 0 Å². The van der Waals surface area contributed by atoms with E-state index in [1.165, 1.54) is 11.5 Å². The second-order valence-corrected chi connectivity index (χ2v) is 5.45. The molecule has 0 bridgehead atoms. The van der Waals surface area contributed by atoms with E-state index in [-0.39, 0.29) is 37.3 Å². The maximum Gasteiger partial charge on any atom is 0.241 e. The van der Waals surface area contributed by atoms with E-state index in [0.717, 1.165) is 30.5 Å². The molecule has 1 aliphatic heterocycles. The van der Waals surface area contributed by atoms with Crippen LogP contribution < -0.4 is 10.6 Å². The Kier molecular flexibility index (Phi) is 9.86. The van der Waals surface area contributed by atoms with Crippen molar-refractivity contribution < 1.29 is 9.53 Å². The molecule has 2 heterocycles. The van der Waals surface area contributed by atoms with Crippen LogP contribution in [0.15, 0.2) is 0 Å². The van der Waals surface area contributed by atoms with Gasteiger partial charge in [0, 0.05) is 51.2 Å². The van der Waals surface area contributed by atoms with Gasteiger partial charge >= 0.3 is 0 Å². The van der Waals surface area contributed by atoms with Gasteiger partial charge in [-0.3, -0.25) is 4.79 Å². The zero-order valence-electron chi connectivity index (χ0n) is 12.7. The molecule has 1 fully saturated rings. The largest absolute Gasteiger partial charge is 0.383 e. The summed E-state index contributed by atoms with van der Waals surface area (Å²) in [6, 6.07) is -0.570. The van der Waals surface area contributed by atoms with E-state index >= 15 is 0 Å². The minimum Gasteiger partial charge on any atom is -0.383 e. The van der Waals surface area contributed by atoms with E-state index in [1.807, 2.05) is 6.92 Å². The van der Waals surface area contributed by atoms with Crippen molar-refractivity contribution in [3.8, 4) is 0 Å². The number of aryl methyl sites for hydroxylation is 1. The number of carbonyl (C=O) groups excluding carboxylic acids is 1. The van der Waals surface area contributed by atoms with Crippen molar-refractivity contribution in [1.29, 1.82) is 0 Å². The summed E-state index contributed by atoms with van der Waals surface area (Å²) in [6.45, 7) is 5.16. The summed E-state index contributed by atoms with van der Waals surface area (Å²) in [7, 11) is 1.55. The third-order valence-corrected chi connectivity index (χ3v) is 4.11. The van der Waals surface area contributed by atoms with E-state index in [1.54, 1.807) is 12.0 Å². The number of carbonyl (C=O) groups is 1. The number of nitrogens with two attached hydrogens (primary N) is 1. The van der Waals surface area contributed by atoms with Crippen molar-refractivity contribution in [1.82, 2.24) is 14.3 Å². The molecule has 7 nitrogen and oxygen atoms in total. The molecule has 1 aromatic heterocycles. The number of methoxy groups -OCH3 is 1. The summed E-state index contributed by atoms with van der Waals surface area (Å²) in [4.78, 5) is 20.5. The molecule has 1 amide bonds. The summed E-state index contributed by atoms with van der Waals surface area (Å²) in [5.41, 5.74) is 5.78. The molecule has 1 unspecified atom stereocenters. The fraction of sp³-hybridized carbons (Fsp3) is 0.750. The highest BCUT2D eigenvalue weighted by molar-refractivity contribution is 7.09. The van der Waals surface area contributed by atoms with Gasteiger partial charge in [0.25, 0.3) is 0 Å². The van der Waals surface area contributed by atoms with Crippen LogP contribution in [0.2, 0.25) is 0 Å². The van der Waals surface area contributed by atoms with E-state index in [4.69, 9.17) is 10.5 Å². The molecule has 1 atom stereocenters. The fourth-order valence-corrected chi connectivity index (χ4v) is 2.92. The fourth-order valence-electron chi connectivity index (χ4n) is 2.12. The smallest absolute Gasteiger partial charge is 0.241 e. The highest BCUT2D eigenvalue weighted by Crippen LogP contribution is 2.19. The summed E-state index contributed by atoms with van der Waals surface area (Å²) in [6.07, 6.45) is 0.848. The number of nitrogens with zero attached hydrogens (tertiary/aromatic N) is 4. The molecule has 1 aliphatic rings. The average molecular weight is 372 g/mol. The first kappa shape index (κ1) is 21.3. The molecule has 2 rings (SSSR count). The van der Waals surface area contributed by atoms with Crippen molar-refractivity contribution in [2.75, 3.05) is 44.8 Å². The highest BCUT2D eigenvalue weighted by atomic mass is 35.5. The average Bonchev–Trinajstić information content (AvgIpc) is 2.96. The lowest BCUT2D eigenvalue weighted by atomic mass is 10.2. The van der Waals surface area contributed by atoms with Crippen LogP contribution in [0.4, 0.5) is 5.13 Å². The first-order valence-corrected chi connectivity index (χ1v) is 7.54. The van der Waals surface area contributed by atoms with Crippen LogP contribution >= 0.6 is 36.3 Å². The standard InChI is InChI=1S/C12H21N5O2S.2ClH/c1-3-10-14-12(20-15-10)17-6-4-16(5-7-17)11(18)9(13)8-19-2;;/h9H,3-8,13H2,1-2H3;2*1H. The maximum absolute atomic E-state index is 12.1. The lowest BCUT2D eigenvalue weighted by Gasteiger charge is -2.35. The van der Waals surface area contributed by atoms with Crippen molar-refractivity contribution in [2.24, 2.45) is 5.73 Å². The second-order valence-electron chi connectivity index (χ2n) is 4.72.